The molecule has 1 N–H and O–H groups in total. The van der Waals surface area contributed by atoms with Crippen molar-refractivity contribution >= 4 is 5.91 Å². The molecular weight excluding hydrogens is 340 g/mol. The number of benzene rings is 1. The zero-order valence-corrected chi connectivity index (χ0v) is 14.5. The van der Waals surface area contributed by atoms with E-state index in [4.69, 9.17) is 4.74 Å². The molecule has 0 spiro atoms. The second-order valence-electron chi connectivity index (χ2n) is 6.24. The second kappa shape index (κ2) is 8.23. The molecule has 3 rings (SSSR count). The Hall–Kier alpha value is -2.54. The summed E-state index contributed by atoms with van der Waals surface area (Å²) in [6.45, 7) is 4.94. The summed E-state index contributed by atoms with van der Waals surface area (Å²) in [5.41, 5.74) is 0.620. The predicted molar refractivity (Wildman–Crippen MR) is 92.7 cm³/mol. The number of halogens is 2. The molecule has 0 radical (unpaired) electrons. The number of nitrogens with zero attached hydrogens (tertiary/aromatic N) is 2. The summed E-state index contributed by atoms with van der Waals surface area (Å²) in [5, 5.41) is 2.90. The van der Waals surface area contributed by atoms with Gasteiger partial charge in [-0.05, 0) is 37.7 Å². The molecule has 1 amide bonds. The van der Waals surface area contributed by atoms with E-state index in [1.165, 1.54) is 12.3 Å². The molecule has 0 saturated carbocycles. The van der Waals surface area contributed by atoms with E-state index in [9.17, 15) is 13.6 Å². The number of rotatable bonds is 6. The van der Waals surface area contributed by atoms with Crippen LogP contribution in [0.15, 0.2) is 36.5 Å². The molecule has 0 unspecified atom stereocenters. The average Bonchev–Trinajstić information content (AvgIpc) is 3.12. The number of nitrogens with one attached hydrogen (secondary N) is 1. The largest absolute Gasteiger partial charge is 0.436 e. The van der Waals surface area contributed by atoms with Crippen molar-refractivity contribution in [3.05, 3.63) is 53.7 Å². The first-order valence-electron chi connectivity index (χ1n) is 8.63. The molecule has 26 heavy (non-hydrogen) atoms. The Labute approximate surface area is 151 Å². The van der Waals surface area contributed by atoms with Crippen molar-refractivity contribution in [1.82, 2.24) is 15.2 Å². The van der Waals surface area contributed by atoms with Crippen LogP contribution in [0, 0.1) is 17.6 Å². The van der Waals surface area contributed by atoms with Gasteiger partial charge >= 0.3 is 0 Å². The molecule has 1 fully saturated rings. The topological polar surface area (TPSA) is 54.5 Å². The summed E-state index contributed by atoms with van der Waals surface area (Å²) in [6, 6.07) is 6.53. The maximum atomic E-state index is 13.8. The number of likely N-dealkylation sites (tertiary alicyclic amines) is 1. The van der Waals surface area contributed by atoms with Crippen molar-refractivity contribution in [2.24, 2.45) is 5.92 Å². The van der Waals surface area contributed by atoms with Crippen LogP contribution in [0.25, 0.3) is 0 Å². The molecule has 1 atom stereocenters. The lowest BCUT2D eigenvalue weighted by atomic mass is 10.1. The van der Waals surface area contributed by atoms with E-state index >= 15 is 0 Å². The Morgan fingerprint density at radius 2 is 2.23 bits per heavy atom. The average molecular weight is 361 g/mol. The minimum atomic E-state index is -0.809. The number of amides is 1. The second-order valence-corrected chi connectivity index (χ2v) is 6.24. The van der Waals surface area contributed by atoms with Crippen molar-refractivity contribution < 1.29 is 18.3 Å². The first-order chi connectivity index (χ1) is 12.6. The molecule has 2 aromatic rings. The highest BCUT2D eigenvalue weighted by atomic mass is 19.1. The van der Waals surface area contributed by atoms with E-state index < -0.39 is 11.6 Å². The number of hydrogen-bond acceptors (Lipinski definition) is 4. The lowest BCUT2D eigenvalue weighted by Crippen LogP contribution is -2.32. The Balaban J connectivity index is 1.65. The summed E-state index contributed by atoms with van der Waals surface area (Å²) in [5.74, 6) is -1.46. The summed E-state index contributed by atoms with van der Waals surface area (Å²) in [7, 11) is 0. The van der Waals surface area contributed by atoms with Crippen LogP contribution < -0.4 is 10.1 Å². The first-order valence-corrected chi connectivity index (χ1v) is 8.63. The van der Waals surface area contributed by atoms with Gasteiger partial charge in [0.25, 0.3) is 0 Å². The molecule has 1 aliphatic rings. The quantitative estimate of drug-likeness (QED) is 0.859. The van der Waals surface area contributed by atoms with Crippen LogP contribution in [-0.2, 0) is 11.3 Å². The van der Waals surface area contributed by atoms with E-state index in [2.05, 4.69) is 22.1 Å². The molecule has 138 valence electrons. The Morgan fingerprint density at radius 1 is 1.38 bits per heavy atom. The third kappa shape index (κ3) is 4.35. The molecule has 0 aliphatic carbocycles. The highest BCUT2D eigenvalue weighted by Gasteiger charge is 2.27. The summed E-state index contributed by atoms with van der Waals surface area (Å²) >= 11 is 0. The van der Waals surface area contributed by atoms with Crippen molar-refractivity contribution in [2.45, 2.75) is 19.9 Å². The van der Waals surface area contributed by atoms with Gasteiger partial charge in [-0.3, -0.25) is 4.79 Å². The molecule has 1 aliphatic heterocycles. The molecule has 1 aromatic heterocycles. The third-order valence-corrected chi connectivity index (χ3v) is 4.49. The molecule has 0 bridgehead atoms. The van der Waals surface area contributed by atoms with Gasteiger partial charge in [-0.25, -0.2) is 13.8 Å². The minimum absolute atomic E-state index is 0.0104. The fourth-order valence-corrected chi connectivity index (χ4v) is 2.97. The zero-order chi connectivity index (χ0) is 18.5. The van der Waals surface area contributed by atoms with E-state index in [0.717, 1.165) is 38.2 Å². The molecular formula is C19H21F2N3O2. The van der Waals surface area contributed by atoms with Gasteiger partial charge < -0.3 is 15.0 Å². The van der Waals surface area contributed by atoms with Crippen LogP contribution in [0.3, 0.4) is 0 Å². The van der Waals surface area contributed by atoms with Gasteiger partial charge in [0.05, 0.1) is 5.92 Å². The number of aromatic nitrogens is 1. The fourth-order valence-electron chi connectivity index (χ4n) is 2.97. The van der Waals surface area contributed by atoms with Gasteiger partial charge in [0, 0.05) is 30.9 Å². The fraction of sp³-hybridized carbons (Fsp3) is 0.368. The van der Waals surface area contributed by atoms with Crippen LogP contribution in [0.5, 0.6) is 11.6 Å². The van der Waals surface area contributed by atoms with Gasteiger partial charge in [0.15, 0.2) is 11.6 Å². The third-order valence-electron chi connectivity index (χ3n) is 4.49. The Kier molecular flexibility index (Phi) is 5.78. The zero-order valence-electron chi connectivity index (χ0n) is 14.5. The van der Waals surface area contributed by atoms with Crippen LogP contribution in [0.1, 0.15) is 18.9 Å². The predicted octanol–water partition coefficient (Wildman–Crippen LogP) is 3.11. The summed E-state index contributed by atoms with van der Waals surface area (Å²) < 4.78 is 32.3. The maximum absolute atomic E-state index is 13.8. The van der Waals surface area contributed by atoms with Gasteiger partial charge in [-0.1, -0.05) is 13.0 Å². The van der Waals surface area contributed by atoms with Crippen LogP contribution in [-0.4, -0.2) is 35.4 Å². The highest BCUT2D eigenvalue weighted by molar-refractivity contribution is 5.79. The van der Waals surface area contributed by atoms with Crippen molar-refractivity contribution in [1.29, 1.82) is 0 Å². The maximum Gasteiger partial charge on any atom is 0.224 e. The number of carbonyl (C=O) groups excluding carboxylic acids is 1. The molecule has 1 saturated heterocycles. The van der Waals surface area contributed by atoms with E-state index in [1.807, 2.05) is 0 Å². The molecule has 7 heteroatoms. The minimum Gasteiger partial charge on any atom is -0.436 e. The first kappa shape index (κ1) is 18.3. The van der Waals surface area contributed by atoms with Gasteiger partial charge in [-0.15, -0.1) is 0 Å². The lowest BCUT2D eigenvalue weighted by Gasteiger charge is -2.14. The van der Waals surface area contributed by atoms with Gasteiger partial charge in [0.2, 0.25) is 11.8 Å². The van der Waals surface area contributed by atoms with Crippen molar-refractivity contribution in [3.8, 4) is 11.6 Å². The molecule has 2 heterocycles. The van der Waals surface area contributed by atoms with E-state index in [0.29, 0.717) is 5.56 Å². The van der Waals surface area contributed by atoms with Gasteiger partial charge in [-0.2, -0.15) is 0 Å². The van der Waals surface area contributed by atoms with E-state index in [1.54, 1.807) is 12.1 Å². The summed E-state index contributed by atoms with van der Waals surface area (Å²) in [4.78, 5) is 18.7. The van der Waals surface area contributed by atoms with Crippen LogP contribution >= 0.6 is 0 Å². The van der Waals surface area contributed by atoms with E-state index in [-0.39, 0.29) is 30.0 Å². The Bertz CT molecular complexity index is 785. The smallest absolute Gasteiger partial charge is 0.224 e. The van der Waals surface area contributed by atoms with Crippen molar-refractivity contribution in [2.75, 3.05) is 19.6 Å². The summed E-state index contributed by atoms with van der Waals surface area (Å²) in [6.07, 6.45) is 2.36. The molecule has 5 nitrogen and oxygen atoms in total. The highest BCUT2D eigenvalue weighted by Crippen LogP contribution is 2.26. The van der Waals surface area contributed by atoms with Crippen LogP contribution in [0.4, 0.5) is 8.78 Å². The van der Waals surface area contributed by atoms with Crippen molar-refractivity contribution in [3.63, 3.8) is 0 Å². The number of carbonyl (C=O) groups is 1. The monoisotopic (exact) mass is 361 g/mol. The number of pyridine rings is 1. The SMILES string of the molecule is CCN1CC[C@@H](C(=O)NCc2cccnc2Oc2ccc(F)cc2F)C1. The molecule has 1 aromatic carbocycles. The number of ether oxygens (including phenoxy) is 1. The van der Waals surface area contributed by atoms with Crippen LogP contribution in [0.2, 0.25) is 0 Å². The lowest BCUT2D eigenvalue weighted by molar-refractivity contribution is -0.124. The normalized spacial score (nSPS) is 17.3. The Morgan fingerprint density at radius 3 is 2.96 bits per heavy atom. The number of hydrogen-bond donors (Lipinski definition) is 1. The van der Waals surface area contributed by atoms with Gasteiger partial charge in [0.1, 0.15) is 5.82 Å². The standard InChI is InChI=1S/C19H21F2N3O2/c1-2-24-9-7-14(12-24)18(25)23-11-13-4-3-8-22-19(13)26-17-6-5-15(20)10-16(17)21/h3-6,8,10,14H,2,7,9,11-12H2,1H3,(H,23,25)/t14-/m1/s1.